The summed E-state index contributed by atoms with van der Waals surface area (Å²) in [4.78, 5) is 11.7. The summed E-state index contributed by atoms with van der Waals surface area (Å²) < 4.78 is 18.7. The lowest BCUT2D eigenvalue weighted by Crippen LogP contribution is -2.30. The summed E-state index contributed by atoms with van der Waals surface area (Å²) >= 11 is 0. The Hall–Kier alpha value is -2.18. The van der Waals surface area contributed by atoms with E-state index in [1.807, 2.05) is 6.07 Å². The average molecular weight is 274 g/mol. The van der Waals surface area contributed by atoms with Crippen molar-refractivity contribution in [3.05, 3.63) is 65.5 Å². The number of benzene rings is 2. The van der Waals surface area contributed by atoms with Gasteiger partial charge in [0.2, 0.25) is 0 Å². The Bertz CT molecular complexity index is 601. The molecule has 102 valence electrons. The molecule has 0 aliphatic carbocycles. The van der Waals surface area contributed by atoms with E-state index in [9.17, 15) is 9.18 Å². The fourth-order valence-electron chi connectivity index (χ4n) is 1.66. The van der Waals surface area contributed by atoms with E-state index >= 15 is 0 Å². The summed E-state index contributed by atoms with van der Waals surface area (Å²) in [7, 11) is -1.78. The predicted octanol–water partition coefficient (Wildman–Crippen LogP) is 0.862. The third-order valence-electron chi connectivity index (χ3n) is 2.72. The molecule has 0 spiro atoms. The summed E-state index contributed by atoms with van der Waals surface area (Å²) in [6.07, 6.45) is 0. The number of ether oxygens (including phenoxy) is 1. The van der Waals surface area contributed by atoms with Crippen molar-refractivity contribution in [3.63, 3.8) is 0 Å². The van der Waals surface area contributed by atoms with Crippen LogP contribution in [0, 0.1) is 5.82 Å². The van der Waals surface area contributed by atoms with Crippen LogP contribution in [-0.4, -0.2) is 23.1 Å². The van der Waals surface area contributed by atoms with E-state index in [2.05, 4.69) is 0 Å². The summed E-state index contributed by atoms with van der Waals surface area (Å²) in [5, 5.41) is 17.8. The molecular formula is C14H12BFO4. The molecule has 0 radical (unpaired) electrons. The average Bonchev–Trinajstić information content (AvgIpc) is 2.45. The van der Waals surface area contributed by atoms with Crippen LogP contribution < -0.4 is 5.46 Å². The number of halogens is 1. The van der Waals surface area contributed by atoms with E-state index in [1.165, 1.54) is 6.07 Å². The summed E-state index contributed by atoms with van der Waals surface area (Å²) in [5.74, 6) is -1.65. The molecule has 4 nitrogen and oxygen atoms in total. The molecule has 0 saturated heterocycles. The second kappa shape index (κ2) is 6.32. The highest BCUT2D eigenvalue weighted by Gasteiger charge is 2.18. The van der Waals surface area contributed by atoms with E-state index < -0.39 is 18.9 Å². The Labute approximate surface area is 115 Å². The summed E-state index contributed by atoms with van der Waals surface area (Å²) in [6, 6.07) is 12.3. The van der Waals surface area contributed by atoms with Gasteiger partial charge < -0.3 is 14.8 Å². The first-order valence-electron chi connectivity index (χ1n) is 5.94. The van der Waals surface area contributed by atoms with Gasteiger partial charge >= 0.3 is 13.1 Å². The van der Waals surface area contributed by atoms with Crippen molar-refractivity contribution in [1.82, 2.24) is 0 Å². The van der Waals surface area contributed by atoms with Crippen molar-refractivity contribution in [2.75, 3.05) is 0 Å². The summed E-state index contributed by atoms with van der Waals surface area (Å²) in [5.41, 5.74) is 0.524. The maximum absolute atomic E-state index is 13.7. The highest BCUT2D eigenvalue weighted by Crippen LogP contribution is 2.09. The first-order valence-corrected chi connectivity index (χ1v) is 5.94. The molecule has 0 aromatic heterocycles. The van der Waals surface area contributed by atoms with Crippen LogP contribution >= 0.6 is 0 Å². The van der Waals surface area contributed by atoms with Crippen molar-refractivity contribution in [3.8, 4) is 0 Å². The molecule has 0 aliphatic rings. The van der Waals surface area contributed by atoms with Crippen LogP contribution in [-0.2, 0) is 11.3 Å². The van der Waals surface area contributed by atoms with Gasteiger partial charge in [0.1, 0.15) is 12.4 Å². The van der Waals surface area contributed by atoms with Crippen LogP contribution in [0.4, 0.5) is 4.39 Å². The number of carbonyl (C=O) groups is 1. The largest absolute Gasteiger partial charge is 0.488 e. The minimum Gasteiger partial charge on any atom is -0.457 e. The van der Waals surface area contributed by atoms with Gasteiger partial charge in [-0.15, -0.1) is 0 Å². The minimum atomic E-state index is -1.78. The lowest BCUT2D eigenvalue weighted by molar-refractivity contribution is 0.0467. The van der Waals surface area contributed by atoms with E-state index in [4.69, 9.17) is 14.8 Å². The SMILES string of the molecule is O=C(OCc1ccccc1)c1ccc(B(O)O)cc1F. The summed E-state index contributed by atoms with van der Waals surface area (Å²) in [6.45, 7) is 0.0451. The topological polar surface area (TPSA) is 66.8 Å². The second-order valence-corrected chi connectivity index (χ2v) is 4.17. The molecule has 2 rings (SSSR count). The van der Waals surface area contributed by atoms with Crippen molar-refractivity contribution in [1.29, 1.82) is 0 Å². The van der Waals surface area contributed by atoms with Gasteiger partial charge in [0.05, 0.1) is 5.56 Å². The maximum Gasteiger partial charge on any atom is 0.488 e. The number of esters is 1. The zero-order valence-corrected chi connectivity index (χ0v) is 10.5. The van der Waals surface area contributed by atoms with Gasteiger partial charge in [-0.25, -0.2) is 9.18 Å². The van der Waals surface area contributed by atoms with Crippen LogP contribution in [0.1, 0.15) is 15.9 Å². The molecule has 2 N–H and O–H groups in total. The molecule has 20 heavy (non-hydrogen) atoms. The monoisotopic (exact) mass is 274 g/mol. The zero-order chi connectivity index (χ0) is 14.5. The molecule has 0 heterocycles. The Morgan fingerprint density at radius 1 is 1.15 bits per heavy atom. The van der Waals surface area contributed by atoms with Crippen LogP contribution in [0.25, 0.3) is 0 Å². The van der Waals surface area contributed by atoms with Gasteiger partial charge in [-0.2, -0.15) is 0 Å². The van der Waals surface area contributed by atoms with Crippen molar-refractivity contribution in [2.45, 2.75) is 6.61 Å². The van der Waals surface area contributed by atoms with E-state index in [0.29, 0.717) is 0 Å². The maximum atomic E-state index is 13.7. The molecule has 0 unspecified atom stereocenters. The molecule has 0 fully saturated rings. The van der Waals surface area contributed by atoms with Gasteiger partial charge in [0.15, 0.2) is 0 Å². The lowest BCUT2D eigenvalue weighted by atomic mass is 9.80. The Morgan fingerprint density at radius 2 is 1.85 bits per heavy atom. The molecule has 0 amide bonds. The third-order valence-corrected chi connectivity index (χ3v) is 2.72. The van der Waals surface area contributed by atoms with Crippen molar-refractivity contribution in [2.24, 2.45) is 0 Å². The van der Waals surface area contributed by atoms with Crippen molar-refractivity contribution >= 4 is 18.6 Å². The molecule has 0 saturated carbocycles. The third kappa shape index (κ3) is 3.43. The molecular weight excluding hydrogens is 262 g/mol. The van der Waals surface area contributed by atoms with Crippen LogP contribution in [0.5, 0.6) is 0 Å². The molecule has 0 aliphatic heterocycles. The molecule has 2 aromatic rings. The van der Waals surface area contributed by atoms with Gasteiger partial charge in [-0.3, -0.25) is 0 Å². The normalized spacial score (nSPS) is 10.2. The standard InChI is InChI=1S/C14H12BFO4/c16-13-8-11(15(18)19)6-7-12(13)14(17)20-9-10-4-2-1-3-5-10/h1-8,18-19H,9H2. The Kier molecular flexibility index (Phi) is 4.50. The number of hydrogen-bond acceptors (Lipinski definition) is 4. The first-order chi connectivity index (χ1) is 9.58. The smallest absolute Gasteiger partial charge is 0.457 e. The highest BCUT2D eigenvalue weighted by atomic mass is 19.1. The molecule has 2 aromatic carbocycles. The van der Waals surface area contributed by atoms with Gasteiger partial charge in [-0.05, 0) is 23.2 Å². The molecule has 0 bridgehead atoms. The van der Waals surface area contributed by atoms with Crippen LogP contribution in [0.3, 0.4) is 0 Å². The van der Waals surface area contributed by atoms with E-state index in [1.54, 1.807) is 24.3 Å². The van der Waals surface area contributed by atoms with Crippen molar-refractivity contribution < 1.29 is 24.0 Å². The fraction of sp³-hybridized carbons (Fsp3) is 0.0714. The number of carbonyl (C=O) groups excluding carboxylic acids is 1. The number of hydrogen-bond donors (Lipinski definition) is 2. The van der Waals surface area contributed by atoms with Crippen LogP contribution in [0.2, 0.25) is 0 Å². The lowest BCUT2D eigenvalue weighted by Gasteiger charge is -2.07. The Morgan fingerprint density at radius 3 is 2.45 bits per heavy atom. The van der Waals surface area contributed by atoms with Crippen LogP contribution in [0.15, 0.2) is 48.5 Å². The highest BCUT2D eigenvalue weighted by molar-refractivity contribution is 6.58. The van der Waals surface area contributed by atoms with Gasteiger partial charge in [-0.1, -0.05) is 36.4 Å². The number of rotatable bonds is 4. The predicted molar refractivity (Wildman–Crippen MR) is 71.8 cm³/mol. The molecule has 0 atom stereocenters. The zero-order valence-electron chi connectivity index (χ0n) is 10.5. The van der Waals surface area contributed by atoms with E-state index in [0.717, 1.165) is 17.7 Å². The second-order valence-electron chi connectivity index (χ2n) is 4.17. The van der Waals surface area contributed by atoms with Gasteiger partial charge in [0, 0.05) is 0 Å². The fourth-order valence-corrected chi connectivity index (χ4v) is 1.66. The first kappa shape index (κ1) is 14.2. The Balaban J connectivity index is 2.06. The minimum absolute atomic E-state index is 0.0258. The van der Waals surface area contributed by atoms with Gasteiger partial charge in [0.25, 0.3) is 0 Å². The quantitative estimate of drug-likeness (QED) is 0.641. The molecule has 6 heteroatoms. The van der Waals surface area contributed by atoms with E-state index in [-0.39, 0.29) is 17.6 Å².